The first-order chi connectivity index (χ1) is 8.63. The molecule has 1 aromatic rings. The number of rotatable bonds is 4. The molecule has 100 valence electrons. The van der Waals surface area contributed by atoms with E-state index in [0.717, 1.165) is 12.2 Å². The molecule has 1 aliphatic rings. The number of anilines is 1. The van der Waals surface area contributed by atoms with Crippen LogP contribution in [0.4, 0.5) is 10.1 Å². The first kappa shape index (κ1) is 13.3. The summed E-state index contributed by atoms with van der Waals surface area (Å²) in [5.74, 6) is -0.260. The fourth-order valence-electron chi connectivity index (χ4n) is 2.23. The van der Waals surface area contributed by atoms with Gasteiger partial charge in [0.15, 0.2) is 0 Å². The van der Waals surface area contributed by atoms with Crippen LogP contribution in [0.3, 0.4) is 0 Å². The lowest BCUT2D eigenvalue weighted by molar-refractivity contribution is 0.0572. The summed E-state index contributed by atoms with van der Waals surface area (Å²) in [4.78, 5) is 1.82. The van der Waals surface area contributed by atoms with Gasteiger partial charge in [0.05, 0.1) is 12.2 Å². The molecule has 3 N–H and O–H groups in total. The third-order valence-electron chi connectivity index (χ3n) is 3.25. The quantitative estimate of drug-likeness (QED) is 0.731. The predicted molar refractivity (Wildman–Crippen MR) is 68.0 cm³/mol. The minimum absolute atomic E-state index is 0.260. The number of hydrogen-bond donors (Lipinski definition) is 3. The molecule has 0 radical (unpaired) electrons. The third-order valence-corrected chi connectivity index (χ3v) is 3.25. The van der Waals surface area contributed by atoms with Gasteiger partial charge >= 0.3 is 0 Å². The van der Waals surface area contributed by atoms with Crippen molar-refractivity contribution in [2.24, 2.45) is 0 Å². The number of hydrogen-bond acceptors (Lipinski definition) is 4. The molecule has 0 spiro atoms. The molecule has 2 rings (SSSR count). The van der Waals surface area contributed by atoms with E-state index in [4.69, 9.17) is 0 Å². The van der Waals surface area contributed by atoms with E-state index in [-0.39, 0.29) is 5.82 Å². The molecular weight excluding hydrogens is 235 g/mol. The van der Waals surface area contributed by atoms with E-state index in [2.05, 4.69) is 5.32 Å². The van der Waals surface area contributed by atoms with Crippen LogP contribution in [0.15, 0.2) is 18.2 Å². The van der Waals surface area contributed by atoms with Crippen molar-refractivity contribution >= 4 is 5.69 Å². The van der Waals surface area contributed by atoms with E-state index in [1.54, 1.807) is 6.07 Å². The normalized spacial score (nSPS) is 23.7. The minimum Gasteiger partial charge on any atom is -0.389 e. The summed E-state index contributed by atoms with van der Waals surface area (Å²) in [6.45, 7) is 3.84. The molecule has 1 fully saturated rings. The van der Waals surface area contributed by atoms with Gasteiger partial charge in [0, 0.05) is 30.9 Å². The van der Waals surface area contributed by atoms with Crippen molar-refractivity contribution in [3.63, 3.8) is 0 Å². The molecule has 1 saturated heterocycles. The van der Waals surface area contributed by atoms with Crippen LogP contribution in [0.2, 0.25) is 0 Å². The Morgan fingerprint density at radius 2 is 2.00 bits per heavy atom. The summed E-state index contributed by atoms with van der Waals surface area (Å²) in [6, 6.07) is 4.90. The Hall–Kier alpha value is -1.17. The minimum atomic E-state index is -0.764. The number of aliphatic hydroxyl groups is 2. The fraction of sp³-hybridized carbons (Fsp3) is 0.538. The molecule has 1 aliphatic heterocycles. The van der Waals surface area contributed by atoms with Crippen molar-refractivity contribution in [1.29, 1.82) is 0 Å². The number of β-amino-alcohol motifs (C(OH)–C–C–N with tert-alkyl or cyclic N) is 2. The summed E-state index contributed by atoms with van der Waals surface area (Å²) < 4.78 is 13.8. The van der Waals surface area contributed by atoms with Crippen LogP contribution < -0.4 is 10.2 Å². The first-order valence-electron chi connectivity index (χ1n) is 6.22. The molecule has 0 saturated carbocycles. The molecule has 0 bridgehead atoms. The SMILES string of the molecule is CCNCc1c(F)cccc1N1CC(O)C(O)C1. The number of halogens is 1. The van der Waals surface area contributed by atoms with Crippen LogP contribution in [0, 0.1) is 5.82 Å². The topological polar surface area (TPSA) is 55.7 Å². The smallest absolute Gasteiger partial charge is 0.129 e. The van der Waals surface area contributed by atoms with Crippen molar-refractivity contribution in [3.05, 3.63) is 29.6 Å². The van der Waals surface area contributed by atoms with Gasteiger partial charge in [-0.25, -0.2) is 4.39 Å². The molecule has 0 amide bonds. The molecule has 2 unspecified atom stereocenters. The van der Waals surface area contributed by atoms with Crippen LogP contribution in [0.25, 0.3) is 0 Å². The van der Waals surface area contributed by atoms with Gasteiger partial charge in [0.25, 0.3) is 0 Å². The van der Waals surface area contributed by atoms with Gasteiger partial charge < -0.3 is 20.4 Å². The molecule has 0 aromatic heterocycles. The van der Waals surface area contributed by atoms with E-state index in [9.17, 15) is 14.6 Å². The van der Waals surface area contributed by atoms with E-state index >= 15 is 0 Å². The largest absolute Gasteiger partial charge is 0.389 e. The van der Waals surface area contributed by atoms with Gasteiger partial charge in [-0.3, -0.25) is 0 Å². The van der Waals surface area contributed by atoms with Crippen molar-refractivity contribution in [2.45, 2.75) is 25.7 Å². The standard InChI is InChI=1S/C13H19FN2O2/c1-2-15-6-9-10(14)4-3-5-11(9)16-7-12(17)13(18)8-16/h3-5,12-13,15,17-18H,2,6-8H2,1H3. The molecule has 5 heteroatoms. The molecule has 18 heavy (non-hydrogen) atoms. The van der Waals surface area contributed by atoms with Crippen LogP contribution >= 0.6 is 0 Å². The second-order valence-electron chi connectivity index (χ2n) is 4.56. The van der Waals surface area contributed by atoms with Crippen LogP contribution in [-0.4, -0.2) is 42.1 Å². The van der Waals surface area contributed by atoms with Gasteiger partial charge in [-0.2, -0.15) is 0 Å². The Bertz CT molecular complexity index is 404. The Morgan fingerprint density at radius 3 is 2.61 bits per heavy atom. The average Bonchev–Trinajstić information content (AvgIpc) is 2.68. The Balaban J connectivity index is 2.24. The van der Waals surface area contributed by atoms with Crippen molar-refractivity contribution < 1.29 is 14.6 Å². The highest BCUT2D eigenvalue weighted by Gasteiger charge is 2.31. The second kappa shape index (κ2) is 5.65. The zero-order valence-electron chi connectivity index (χ0n) is 10.4. The maximum Gasteiger partial charge on any atom is 0.129 e. The van der Waals surface area contributed by atoms with Gasteiger partial charge in [0.2, 0.25) is 0 Å². The van der Waals surface area contributed by atoms with Crippen LogP contribution in [-0.2, 0) is 6.54 Å². The Labute approximate surface area is 106 Å². The van der Waals surface area contributed by atoms with Crippen LogP contribution in [0.1, 0.15) is 12.5 Å². The average molecular weight is 254 g/mol. The lowest BCUT2D eigenvalue weighted by Crippen LogP contribution is -2.24. The number of benzene rings is 1. The second-order valence-corrected chi connectivity index (χ2v) is 4.56. The number of nitrogens with one attached hydrogen (secondary N) is 1. The number of aliphatic hydroxyl groups excluding tert-OH is 2. The van der Waals surface area contributed by atoms with Crippen molar-refractivity contribution in [3.8, 4) is 0 Å². The Morgan fingerprint density at radius 1 is 1.33 bits per heavy atom. The van der Waals surface area contributed by atoms with Crippen LogP contribution in [0.5, 0.6) is 0 Å². The summed E-state index contributed by atoms with van der Waals surface area (Å²) in [7, 11) is 0. The zero-order valence-corrected chi connectivity index (χ0v) is 10.4. The lowest BCUT2D eigenvalue weighted by Gasteiger charge is -2.22. The van der Waals surface area contributed by atoms with E-state index < -0.39 is 12.2 Å². The van der Waals surface area contributed by atoms with E-state index in [1.807, 2.05) is 17.9 Å². The van der Waals surface area contributed by atoms with Crippen molar-refractivity contribution in [2.75, 3.05) is 24.5 Å². The maximum absolute atomic E-state index is 13.8. The zero-order chi connectivity index (χ0) is 13.1. The molecule has 4 nitrogen and oxygen atoms in total. The summed E-state index contributed by atoms with van der Waals surface area (Å²) in [5.41, 5.74) is 1.33. The van der Waals surface area contributed by atoms with Crippen molar-refractivity contribution in [1.82, 2.24) is 5.32 Å². The first-order valence-corrected chi connectivity index (χ1v) is 6.22. The third kappa shape index (κ3) is 2.63. The maximum atomic E-state index is 13.8. The molecule has 1 aromatic carbocycles. The lowest BCUT2D eigenvalue weighted by atomic mass is 10.1. The highest BCUT2D eigenvalue weighted by Crippen LogP contribution is 2.26. The van der Waals surface area contributed by atoms with Gasteiger partial charge in [0.1, 0.15) is 5.82 Å². The molecule has 1 heterocycles. The van der Waals surface area contributed by atoms with E-state index in [0.29, 0.717) is 25.2 Å². The number of nitrogens with zero attached hydrogens (tertiary/aromatic N) is 1. The van der Waals surface area contributed by atoms with Gasteiger partial charge in [-0.15, -0.1) is 0 Å². The highest BCUT2D eigenvalue weighted by molar-refractivity contribution is 5.55. The summed E-state index contributed by atoms with van der Waals surface area (Å²) in [6.07, 6.45) is -1.53. The fourth-order valence-corrected chi connectivity index (χ4v) is 2.23. The predicted octanol–water partition coefficient (Wildman–Crippen LogP) is 0.477. The highest BCUT2D eigenvalue weighted by atomic mass is 19.1. The monoisotopic (exact) mass is 254 g/mol. The molecule has 0 aliphatic carbocycles. The Kier molecular flexibility index (Phi) is 4.16. The molecule has 2 atom stereocenters. The molecular formula is C13H19FN2O2. The summed E-state index contributed by atoms with van der Waals surface area (Å²) >= 11 is 0. The van der Waals surface area contributed by atoms with Gasteiger partial charge in [-0.05, 0) is 18.7 Å². The summed E-state index contributed by atoms with van der Waals surface area (Å²) in [5, 5.41) is 22.2. The van der Waals surface area contributed by atoms with Gasteiger partial charge in [-0.1, -0.05) is 13.0 Å². The van der Waals surface area contributed by atoms with E-state index in [1.165, 1.54) is 6.07 Å².